The highest BCUT2D eigenvalue weighted by Gasteiger charge is 2.17. The minimum Gasteiger partial charge on any atom is -0.366 e. The Hall–Kier alpha value is -1.87. The Kier molecular flexibility index (Phi) is 4.17. The molecule has 0 fully saturated rings. The number of aryl methyl sites for hydroxylation is 1. The fraction of sp³-hybridized carbons (Fsp3) is 0.250. The highest BCUT2D eigenvalue weighted by molar-refractivity contribution is 5.54. The van der Waals surface area contributed by atoms with Crippen molar-refractivity contribution in [3.63, 3.8) is 0 Å². The molecule has 3 heteroatoms. The van der Waals surface area contributed by atoms with Gasteiger partial charge in [0.1, 0.15) is 5.82 Å². The van der Waals surface area contributed by atoms with Crippen molar-refractivity contribution < 1.29 is 4.39 Å². The van der Waals surface area contributed by atoms with Gasteiger partial charge in [-0.1, -0.05) is 30.3 Å². The van der Waals surface area contributed by atoms with E-state index in [9.17, 15) is 4.39 Å². The monoisotopic (exact) mass is 258 g/mol. The zero-order valence-electron chi connectivity index (χ0n) is 11.3. The zero-order valence-corrected chi connectivity index (χ0v) is 11.3. The number of nitrogens with two attached hydrogens (primary N) is 1. The number of benzene rings is 2. The highest BCUT2D eigenvalue weighted by Crippen LogP contribution is 2.27. The van der Waals surface area contributed by atoms with Crippen molar-refractivity contribution in [2.45, 2.75) is 13.0 Å². The Morgan fingerprint density at radius 2 is 1.74 bits per heavy atom. The number of anilines is 1. The molecule has 0 saturated heterocycles. The molecule has 0 heterocycles. The molecule has 0 bridgehead atoms. The van der Waals surface area contributed by atoms with E-state index in [1.165, 1.54) is 17.7 Å². The summed E-state index contributed by atoms with van der Waals surface area (Å²) in [5.74, 6) is -0.224. The van der Waals surface area contributed by atoms with Crippen LogP contribution >= 0.6 is 0 Å². The first-order chi connectivity index (χ1) is 9.13. The highest BCUT2D eigenvalue weighted by atomic mass is 19.1. The van der Waals surface area contributed by atoms with E-state index in [2.05, 4.69) is 24.0 Å². The van der Waals surface area contributed by atoms with Gasteiger partial charge in [-0.25, -0.2) is 4.39 Å². The molecular weight excluding hydrogens is 239 g/mol. The van der Waals surface area contributed by atoms with Crippen LogP contribution in [0.3, 0.4) is 0 Å². The van der Waals surface area contributed by atoms with Gasteiger partial charge < -0.3 is 10.6 Å². The first-order valence-corrected chi connectivity index (χ1v) is 6.37. The fourth-order valence-corrected chi connectivity index (χ4v) is 2.33. The Morgan fingerprint density at radius 3 is 2.32 bits per heavy atom. The van der Waals surface area contributed by atoms with Crippen LogP contribution in [-0.4, -0.2) is 13.6 Å². The second-order valence-electron chi connectivity index (χ2n) is 4.70. The van der Waals surface area contributed by atoms with Gasteiger partial charge in [0.25, 0.3) is 0 Å². The lowest BCUT2D eigenvalue weighted by Crippen LogP contribution is -2.30. The Balaban J connectivity index is 2.32. The maximum absolute atomic E-state index is 13.0. The second-order valence-corrected chi connectivity index (χ2v) is 4.70. The molecule has 0 aliphatic carbocycles. The molecule has 0 spiro atoms. The molecule has 19 heavy (non-hydrogen) atoms. The van der Waals surface area contributed by atoms with Gasteiger partial charge in [-0.15, -0.1) is 0 Å². The summed E-state index contributed by atoms with van der Waals surface area (Å²) < 4.78 is 13.0. The molecule has 0 aliphatic heterocycles. The van der Waals surface area contributed by atoms with Gasteiger partial charge in [0, 0.05) is 19.3 Å². The Morgan fingerprint density at radius 1 is 1.11 bits per heavy atom. The van der Waals surface area contributed by atoms with E-state index in [1.807, 2.05) is 19.2 Å². The quantitative estimate of drug-likeness (QED) is 0.912. The van der Waals surface area contributed by atoms with Gasteiger partial charge >= 0.3 is 0 Å². The molecule has 2 aromatic rings. The van der Waals surface area contributed by atoms with Crippen LogP contribution in [0.1, 0.15) is 17.2 Å². The van der Waals surface area contributed by atoms with Crippen LogP contribution in [0.15, 0.2) is 48.5 Å². The maximum Gasteiger partial charge on any atom is 0.123 e. The number of para-hydroxylation sites is 1. The minimum atomic E-state index is -0.224. The van der Waals surface area contributed by atoms with Crippen molar-refractivity contribution >= 4 is 5.69 Å². The van der Waals surface area contributed by atoms with Crippen molar-refractivity contribution in [2.24, 2.45) is 5.73 Å². The van der Waals surface area contributed by atoms with Gasteiger partial charge in [-0.2, -0.15) is 0 Å². The standard InChI is InChI=1S/C16H19FN2/c1-12-5-3-4-6-15(12)19(2)16(11-18)13-7-9-14(17)10-8-13/h3-10,16H,11,18H2,1-2H3. The number of hydrogen-bond acceptors (Lipinski definition) is 2. The average molecular weight is 258 g/mol. The lowest BCUT2D eigenvalue weighted by molar-refractivity contribution is 0.622. The third kappa shape index (κ3) is 2.93. The number of halogens is 1. The van der Waals surface area contributed by atoms with E-state index < -0.39 is 0 Å². The van der Waals surface area contributed by atoms with Crippen LogP contribution in [0.4, 0.5) is 10.1 Å². The molecule has 2 N–H and O–H groups in total. The topological polar surface area (TPSA) is 29.3 Å². The van der Waals surface area contributed by atoms with Crippen molar-refractivity contribution in [1.29, 1.82) is 0 Å². The van der Waals surface area contributed by atoms with Crippen molar-refractivity contribution in [3.05, 3.63) is 65.5 Å². The van der Waals surface area contributed by atoms with E-state index in [0.717, 1.165) is 11.3 Å². The van der Waals surface area contributed by atoms with Crippen LogP contribution in [0.2, 0.25) is 0 Å². The van der Waals surface area contributed by atoms with Gasteiger partial charge in [0.05, 0.1) is 6.04 Å². The molecule has 0 radical (unpaired) electrons. The third-order valence-electron chi connectivity index (χ3n) is 3.44. The third-order valence-corrected chi connectivity index (χ3v) is 3.44. The molecule has 100 valence electrons. The van der Waals surface area contributed by atoms with Crippen LogP contribution in [-0.2, 0) is 0 Å². The lowest BCUT2D eigenvalue weighted by atomic mass is 10.0. The molecule has 0 saturated carbocycles. The zero-order chi connectivity index (χ0) is 13.8. The van der Waals surface area contributed by atoms with E-state index in [-0.39, 0.29) is 11.9 Å². The maximum atomic E-state index is 13.0. The average Bonchev–Trinajstić information content (AvgIpc) is 2.42. The molecular formula is C16H19FN2. The molecule has 2 aromatic carbocycles. The molecule has 2 nitrogen and oxygen atoms in total. The van der Waals surface area contributed by atoms with Crippen LogP contribution in [0.25, 0.3) is 0 Å². The lowest BCUT2D eigenvalue weighted by Gasteiger charge is -2.30. The van der Waals surface area contributed by atoms with Crippen molar-refractivity contribution in [3.8, 4) is 0 Å². The predicted molar refractivity (Wildman–Crippen MR) is 77.8 cm³/mol. The normalized spacial score (nSPS) is 12.2. The molecule has 2 rings (SSSR count). The van der Waals surface area contributed by atoms with Gasteiger partial charge in [0.2, 0.25) is 0 Å². The first kappa shape index (κ1) is 13.6. The molecule has 0 aliphatic rings. The van der Waals surface area contributed by atoms with E-state index >= 15 is 0 Å². The fourth-order valence-electron chi connectivity index (χ4n) is 2.33. The summed E-state index contributed by atoms with van der Waals surface area (Å²) in [7, 11) is 2.02. The predicted octanol–water partition coefficient (Wildman–Crippen LogP) is 3.27. The summed E-state index contributed by atoms with van der Waals surface area (Å²) in [6.07, 6.45) is 0. The van der Waals surface area contributed by atoms with E-state index in [0.29, 0.717) is 6.54 Å². The molecule has 1 atom stereocenters. The number of likely N-dealkylation sites (N-methyl/N-ethyl adjacent to an activating group) is 1. The second kappa shape index (κ2) is 5.85. The summed E-state index contributed by atoms with van der Waals surface area (Å²) >= 11 is 0. The summed E-state index contributed by atoms with van der Waals surface area (Å²) in [6, 6.07) is 14.8. The molecule has 1 unspecified atom stereocenters. The van der Waals surface area contributed by atoms with Gasteiger partial charge in [-0.05, 0) is 36.2 Å². The van der Waals surface area contributed by atoms with Crippen LogP contribution in [0, 0.1) is 12.7 Å². The number of nitrogens with zero attached hydrogens (tertiary/aromatic N) is 1. The summed E-state index contributed by atoms with van der Waals surface area (Å²) in [4.78, 5) is 2.14. The first-order valence-electron chi connectivity index (χ1n) is 6.37. The minimum absolute atomic E-state index is 0.0432. The smallest absolute Gasteiger partial charge is 0.123 e. The Labute approximate surface area is 113 Å². The largest absolute Gasteiger partial charge is 0.366 e. The van der Waals surface area contributed by atoms with Crippen molar-refractivity contribution in [2.75, 3.05) is 18.5 Å². The van der Waals surface area contributed by atoms with E-state index in [1.54, 1.807) is 12.1 Å². The van der Waals surface area contributed by atoms with Crippen molar-refractivity contribution in [1.82, 2.24) is 0 Å². The summed E-state index contributed by atoms with van der Waals surface area (Å²) in [5.41, 5.74) is 9.26. The number of rotatable bonds is 4. The molecule has 0 amide bonds. The summed E-state index contributed by atoms with van der Waals surface area (Å²) in [6.45, 7) is 2.56. The van der Waals surface area contributed by atoms with E-state index in [4.69, 9.17) is 5.73 Å². The van der Waals surface area contributed by atoms with Crippen LogP contribution < -0.4 is 10.6 Å². The summed E-state index contributed by atoms with van der Waals surface area (Å²) in [5, 5.41) is 0. The SMILES string of the molecule is Cc1ccccc1N(C)C(CN)c1ccc(F)cc1. The molecule has 0 aromatic heterocycles. The van der Waals surface area contributed by atoms with Gasteiger partial charge in [0.15, 0.2) is 0 Å². The van der Waals surface area contributed by atoms with Crippen LogP contribution in [0.5, 0.6) is 0 Å². The van der Waals surface area contributed by atoms with Gasteiger partial charge in [-0.3, -0.25) is 0 Å². The number of hydrogen-bond donors (Lipinski definition) is 1. The Bertz CT molecular complexity index is 537.